The van der Waals surface area contributed by atoms with Crippen LogP contribution in [0.25, 0.3) is 0 Å². The summed E-state index contributed by atoms with van der Waals surface area (Å²) in [5.74, 6) is -0.0334. The Labute approximate surface area is 342 Å². The van der Waals surface area contributed by atoms with E-state index in [2.05, 4.69) is 27.7 Å². The molecule has 0 unspecified atom stereocenters. The molecule has 0 rings (SSSR count). The van der Waals surface area contributed by atoms with E-state index in [-0.39, 0.29) is 31.1 Å². The van der Waals surface area contributed by atoms with Crippen molar-refractivity contribution in [3.63, 3.8) is 0 Å². The second-order valence-electron chi connectivity index (χ2n) is 17.2. The molecule has 0 aromatic heterocycles. The van der Waals surface area contributed by atoms with Crippen LogP contribution in [0.4, 0.5) is 0 Å². The monoisotopic (exact) mass is 779 g/mol. The minimum atomic E-state index is -0.759. The summed E-state index contributed by atoms with van der Waals surface area (Å²) in [6.07, 6.45) is 43.7. The summed E-state index contributed by atoms with van der Waals surface area (Å²) in [5, 5.41) is 0. The molecule has 1 atom stereocenters. The minimum Gasteiger partial charge on any atom is -0.462 e. The first-order valence-corrected chi connectivity index (χ1v) is 24.4. The molecule has 0 aliphatic carbocycles. The van der Waals surface area contributed by atoms with E-state index in [0.29, 0.717) is 19.3 Å². The first-order valence-electron chi connectivity index (χ1n) is 24.4. The molecule has 0 bridgehead atoms. The SMILES string of the molecule is CCCCCCCCCCCCCCCC(=O)OC[C@H](COC(=O)CCCCCCCCCCCCC)OC(=O)CCCCCCCCCCCCC(C)C. The van der Waals surface area contributed by atoms with Crippen molar-refractivity contribution in [2.45, 2.75) is 278 Å². The van der Waals surface area contributed by atoms with Gasteiger partial charge in [0.1, 0.15) is 13.2 Å². The molecule has 6 heteroatoms. The van der Waals surface area contributed by atoms with E-state index in [1.807, 2.05) is 0 Å². The van der Waals surface area contributed by atoms with Crippen molar-refractivity contribution >= 4 is 17.9 Å². The van der Waals surface area contributed by atoms with Crippen LogP contribution in [-0.2, 0) is 28.6 Å². The zero-order valence-corrected chi connectivity index (χ0v) is 37.4. The zero-order chi connectivity index (χ0) is 40.3. The zero-order valence-electron chi connectivity index (χ0n) is 37.4. The number of hydrogen-bond acceptors (Lipinski definition) is 6. The van der Waals surface area contributed by atoms with Gasteiger partial charge in [0.2, 0.25) is 0 Å². The summed E-state index contributed by atoms with van der Waals surface area (Å²) in [5.41, 5.74) is 0. The predicted molar refractivity (Wildman–Crippen MR) is 233 cm³/mol. The summed E-state index contributed by atoms with van der Waals surface area (Å²) in [4.78, 5) is 37.8. The lowest BCUT2D eigenvalue weighted by molar-refractivity contribution is -0.167. The average Bonchev–Trinajstić information content (AvgIpc) is 3.17. The largest absolute Gasteiger partial charge is 0.462 e. The molecule has 0 fully saturated rings. The van der Waals surface area contributed by atoms with Crippen molar-refractivity contribution in [2.75, 3.05) is 13.2 Å². The van der Waals surface area contributed by atoms with Gasteiger partial charge < -0.3 is 14.2 Å². The van der Waals surface area contributed by atoms with Crippen LogP contribution in [0.2, 0.25) is 0 Å². The van der Waals surface area contributed by atoms with Gasteiger partial charge in [-0.05, 0) is 25.2 Å². The lowest BCUT2D eigenvalue weighted by atomic mass is 10.0. The fraction of sp³-hybridized carbons (Fsp3) is 0.939. The summed E-state index contributed by atoms with van der Waals surface area (Å²) < 4.78 is 16.8. The second-order valence-corrected chi connectivity index (χ2v) is 17.2. The molecule has 0 amide bonds. The lowest BCUT2D eigenvalue weighted by Crippen LogP contribution is -2.30. The minimum absolute atomic E-state index is 0.0633. The summed E-state index contributed by atoms with van der Waals surface area (Å²) in [7, 11) is 0. The number of carbonyl (C=O) groups is 3. The Morgan fingerprint density at radius 3 is 0.891 bits per heavy atom. The number of carbonyl (C=O) groups excluding carboxylic acids is 3. The maximum Gasteiger partial charge on any atom is 0.306 e. The van der Waals surface area contributed by atoms with Crippen molar-refractivity contribution < 1.29 is 28.6 Å². The molecule has 0 aromatic rings. The van der Waals surface area contributed by atoms with Crippen molar-refractivity contribution in [3.8, 4) is 0 Å². The Balaban J connectivity index is 4.32. The molecule has 0 saturated heterocycles. The fourth-order valence-corrected chi connectivity index (χ4v) is 7.33. The second kappa shape index (κ2) is 43.5. The number of rotatable bonds is 44. The van der Waals surface area contributed by atoms with Crippen LogP contribution in [0.1, 0.15) is 272 Å². The van der Waals surface area contributed by atoms with Crippen molar-refractivity contribution in [3.05, 3.63) is 0 Å². The van der Waals surface area contributed by atoms with Gasteiger partial charge in [-0.15, -0.1) is 0 Å². The smallest absolute Gasteiger partial charge is 0.306 e. The molecule has 0 aliphatic heterocycles. The molecule has 55 heavy (non-hydrogen) atoms. The number of esters is 3. The quantitative estimate of drug-likeness (QED) is 0.0348. The van der Waals surface area contributed by atoms with Gasteiger partial charge >= 0.3 is 17.9 Å². The van der Waals surface area contributed by atoms with Crippen LogP contribution in [0, 0.1) is 5.92 Å². The molecular formula is C49H94O6. The summed E-state index contributed by atoms with van der Waals surface area (Å²) in [6, 6.07) is 0. The molecule has 0 N–H and O–H groups in total. The highest BCUT2D eigenvalue weighted by atomic mass is 16.6. The fourth-order valence-electron chi connectivity index (χ4n) is 7.33. The summed E-state index contributed by atoms with van der Waals surface area (Å²) >= 11 is 0. The molecule has 0 saturated carbocycles. The maximum absolute atomic E-state index is 12.7. The third-order valence-electron chi connectivity index (χ3n) is 11.0. The van der Waals surface area contributed by atoms with E-state index < -0.39 is 6.10 Å². The molecule has 0 spiro atoms. The van der Waals surface area contributed by atoms with Gasteiger partial charge in [0, 0.05) is 19.3 Å². The van der Waals surface area contributed by atoms with Gasteiger partial charge in [-0.3, -0.25) is 14.4 Å². The average molecular weight is 779 g/mol. The molecule has 0 radical (unpaired) electrons. The standard InChI is InChI=1S/C49H94O6/c1-5-7-9-11-13-15-17-18-20-25-29-33-37-41-48(51)54-44-46(43-53-47(50)40-36-32-28-24-19-16-14-12-10-8-6-2)55-49(52)42-38-34-30-26-22-21-23-27-31-35-39-45(3)4/h45-46H,5-44H2,1-4H3/t46-/m0/s1. The first-order chi connectivity index (χ1) is 26.9. The topological polar surface area (TPSA) is 78.9 Å². The van der Waals surface area contributed by atoms with E-state index >= 15 is 0 Å². The number of ether oxygens (including phenoxy) is 3. The van der Waals surface area contributed by atoms with Crippen molar-refractivity contribution in [2.24, 2.45) is 5.92 Å². The van der Waals surface area contributed by atoms with Crippen molar-refractivity contribution in [1.29, 1.82) is 0 Å². The molecule has 6 nitrogen and oxygen atoms in total. The molecular weight excluding hydrogens is 685 g/mol. The maximum atomic E-state index is 12.7. The Morgan fingerprint density at radius 1 is 0.345 bits per heavy atom. The van der Waals surface area contributed by atoms with Crippen LogP contribution in [0.3, 0.4) is 0 Å². The van der Waals surface area contributed by atoms with E-state index in [4.69, 9.17) is 14.2 Å². The van der Waals surface area contributed by atoms with E-state index in [1.165, 1.54) is 167 Å². The molecule has 326 valence electrons. The van der Waals surface area contributed by atoms with Crippen LogP contribution in [0.5, 0.6) is 0 Å². The van der Waals surface area contributed by atoms with Crippen LogP contribution in [-0.4, -0.2) is 37.2 Å². The molecule has 0 aliphatic rings. The number of hydrogen-bond donors (Lipinski definition) is 0. The Bertz CT molecular complexity index is 826. The highest BCUT2D eigenvalue weighted by Crippen LogP contribution is 2.16. The highest BCUT2D eigenvalue weighted by molar-refractivity contribution is 5.71. The van der Waals surface area contributed by atoms with Crippen molar-refractivity contribution in [1.82, 2.24) is 0 Å². The Morgan fingerprint density at radius 2 is 0.600 bits per heavy atom. The first kappa shape index (κ1) is 53.4. The third-order valence-corrected chi connectivity index (χ3v) is 11.0. The van der Waals surface area contributed by atoms with E-state index in [9.17, 15) is 14.4 Å². The van der Waals surface area contributed by atoms with Gasteiger partial charge in [0.15, 0.2) is 6.10 Å². The van der Waals surface area contributed by atoms with Gasteiger partial charge in [0.05, 0.1) is 0 Å². The highest BCUT2D eigenvalue weighted by Gasteiger charge is 2.19. The number of unbranched alkanes of at least 4 members (excludes halogenated alkanes) is 31. The van der Waals surface area contributed by atoms with Gasteiger partial charge in [-0.2, -0.15) is 0 Å². The Hall–Kier alpha value is -1.59. The molecule has 0 aromatic carbocycles. The Kier molecular flexibility index (Phi) is 42.3. The van der Waals surface area contributed by atoms with E-state index in [0.717, 1.165) is 63.7 Å². The normalized spacial score (nSPS) is 11.9. The summed E-state index contributed by atoms with van der Waals surface area (Å²) in [6.45, 7) is 8.99. The molecule has 0 heterocycles. The van der Waals surface area contributed by atoms with Gasteiger partial charge in [0.25, 0.3) is 0 Å². The third kappa shape index (κ3) is 43.4. The van der Waals surface area contributed by atoms with E-state index in [1.54, 1.807) is 0 Å². The van der Waals surface area contributed by atoms with Crippen LogP contribution in [0.15, 0.2) is 0 Å². The van der Waals surface area contributed by atoms with Gasteiger partial charge in [-0.1, -0.05) is 233 Å². The van der Waals surface area contributed by atoms with Gasteiger partial charge in [-0.25, -0.2) is 0 Å². The lowest BCUT2D eigenvalue weighted by Gasteiger charge is -2.18. The predicted octanol–water partition coefficient (Wildman–Crippen LogP) is 15.5. The van der Waals surface area contributed by atoms with Crippen LogP contribution >= 0.6 is 0 Å². The van der Waals surface area contributed by atoms with Crippen LogP contribution < -0.4 is 0 Å².